The van der Waals surface area contributed by atoms with Crippen LogP contribution in [0.5, 0.6) is 0 Å². The number of aryl methyl sites for hydroxylation is 1. The average molecular weight is 377 g/mol. The van der Waals surface area contributed by atoms with Crippen molar-refractivity contribution in [1.29, 1.82) is 0 Å². The standard InChI is InChI=1S/C17H20N4O2S2/c1-12-4-8-15(9-5-12)19-17(24)21-20-13(2)14-6-10-16(11-7-14)25(22,23)18-3/h4-11,18H,1-3H3,(H2,19,21,24)/b20-13-. The van der Waals surface area contributed by atoms with Gasteiger partial charge in [-0.1, -0.05) is 29.8 Å². The molecule has 0 unspecified atom stereocenters. The molecule has 25 heavy (non-hydrogen) atoms. The smallest absolute Gasteiger partial charge is 0.240 e. The van der Waals surface area contributed by atoms with Gasteiger partial charge in [0.05, 0.1) is 10.6 Å². The summed E-state index contributed by atoms with van der Waals surface area (Å²) in [4.78, 5) is 0.205. The number of rotatable bonds is 5. The van der Waals surface area contributed by atoms with Crippen molar-refractivity contribution in [3.05, 3.63) is 59.7 Å². The molecular weight excluding hydrogens is 356 g/mol. The Morgan fingerprint density at radius 2 is 1.64 bits per heavy atom. The van der Waals surface area contributed by atoms with Crippen molar-refractivity contribution >= 4 is 38.8 Å². The molecule has 0 fully saturated rings. The summed E-state index contributed by atoms with van der Waals surface area (Å²) in [7, 11) is -2.06. The van der Waals surface area contributed by atoms with Crippen molar-refractivity contribution in [1.82, 2.24) is 10.1 Å². The van der Waals surface area contributed by atoms with Crippen LogP contribution in [0.3, 0.4) is 0 Å². The zero-order valence-corrected chi connectivity index (χ0v) is 15.8. The normalized spacial score (nSPS) is 11.9. The Bertz CT molecular complexity index is 874. The molecule has 0 spiro atoms. The first-order valence-electron chi connectivity index (χ1n) is 7.54. The topological polar surface area (TPSA) is 82.6 Å². The van der Waals surface area contributed by atoms with Gasteiger partial charge in [-0.25, -0.2) is 13.1 Å². The van der Waals surface area contributed by atoms with Crippen LogP contribution in [0.15, 0.2) is 58.5 Å². The SMILES string of the molecule is CNS(=O)(=O)c1ccc(/C(C)=N\NC(=S)Nc2ccc(C)cc2)cc1. The van der Waals surface area contributed by atoms with Crippen molar-refractivity contribution in [2.24, 2.45) is 5.10 Å². The summed E-state index contributed by atoms with van der Waals surface area (Å²) in [6, 6.07) is 14.3. The van der Waals surface area contributed by atoms with Gasteiger partial charge in [-0.2, -0.15) is 5.10 Å². The lowest BCUT2D eigenvalue weighted by molar-refractivity contribution is 0.588. The van der Waals surface area contributed by atoms with E-state index in [9.17, 15) is 8.42 Å². The van der Waals surface area contributed by atoms with E-state index in [4.69, 9.17) is 12.2 Å². The number of thiocarbonyl (C=S) groups is 1. The van der Waals surface area contributed by atoms with E-state index >= 15 is 0 Å². The molecule has 2 aromatic carbocycles. The van der Waals surface area contributed by atoms with E-state index in [0.717, 1.165) is 11.3 Å². The van der Waals surface area contributed by atoms with Crippen LogP contribution in [0, 0.1) is 6.92 Å². The lowest BCUT2D eigenvalue weighted by Crippen LogP contribution is -2.25. The van der Waals surface area contributed by atoms with Crippen LogP contribution in [-0.4, -0.2) is 26.3 Å². The van der Waals surface area contributed by atoms with E-state index in [1.807, 2.05) is 38.1 Å². The quantitative estimate of drug-likeness (QED) is 0.424. The maximum absolute atomic E-state index is 11.7. The van der Waals surface area contributed by atoms with Crippen molar-refractivity contribution in [3.63, 3.8) is 0 Å². The molecule has 0 heterocycles. The molecule has 0 amide bonds. The molecule has 3 N–H and O–H groups in total. The zero-order valence-electron chi connectivity index (χ0n) is 14.2. The fraction of sp³-hybridized carbons (Fsp3) is 0.176. The van der Waals surface area contributed by atoms with E-state index < -0.39 is 10.0 Å². The molecule has 132 valence electrons. The summed E-state index contributed by atoms with van der Waals surface area (Å²) in [6.07, 6.45) is 0. The molecule has 0 saturated heterocycles. The van der Waals surface area contributed by atoms with Gasteiger partial charge in [-0.15, -0.1) is 0 Å². The molecule has 0 aliphatic heterocycles. The molecule has 2 rings (SSSR count). The van der Waals surface area contributed by atoms with Gasteiger partial charge in [0, 0.05) is 5.69 Å². The van der Waals surface area contributed by atoms with Gasteiger partial charge in [0.2, 0.25) is 10.0 Å². The Labute approximate surface area is 153 Å². The van der Waals surface area contributed by atoms with E-state index in [1.54, 1.807) is 12.1 Å². The Balaban J connectivity index is 2.01. The van der Waals surface area contributed by atoms with Crippen LogP contribution >= 0.6 is 12.2 Å². The van der Waals surface area contributed by atoms with Gasteiger partial charge in [0.1, 0.15) is 0 Å². The van der Waals surface area contributed by atoms with Gasteiger partial charge in [-0.3, -0.25) is 5.43 Å². The third kappa shape index (κ3) is 5.35. The van der Waals surface area contributed by atoms with Crippen molar-refractivity contribution < 1.29 is 8.42 Å². The largest absolute Gasteiger partial charge is 0.331 e. The maximum atomic E-state index is 11.7. The van der Waals surface area contributed by atoms with Gasteiger partial charge in [0.25, 0.3) is 0 Å². The predicted octanol–water partition coefficient (Wildman–Crippen LogP) is 2.61. The highest BCUT2D eigenvalue weighted by molar-refractivity contribution is 7.89. The van der Waals surface area contributed by atoms with Gasteiger partial charge in [-0.05, 0) is 62.9 Å². The van der Waals surface area contributed by atoms with Gasteiger partial charge >= 0.3 is 0 Å². The number of anilines is 1. The van der Waals surface area contributed by atoms with Crippen LogP contribution < -0.4 is 15.5 Å². The fourth-order valence-corrected chi connectivity index (χ4v) is 2.88. The highest BCUT2D eigenvalue weighted by atomic mass is 32.2. The second-order valence-corrected chi connectivity index (χ2v) is 7.66. The second-order valence-electron chi connectivity index (χ2n) is 5.36. The third-order valence-electron chi connectivity index (χ3n) is 3.49. The first kappa shape index (κ1) is 19.0. The van der Waals surface area contributed by atoms with Crippen LogP contribution in [0.4, 0.5) is 5.69 Å². The molecular formula is C17H20N4O2S2. The Morgan fingerprint density at radius 1 is 1.04 bits per heavy atom. The first-order valence-corrected chi connectivity index (χ1v) is 9.43. The predicted molar refractivity (Wildman–Crippen MR) is 105 cm³/mol. The number of hydrogen-bond donors (Lipinski definition) is 3. The van der Waals surface area contributed by atoms with E-state index in [-0.39, 0.29) is 4.90 Å². The molecule has 0 aliphatic rings. The maximum Gasteiger partial charge on any atom is 0.240 e. The number of benzene rings is 2. The Hall–Kier alpha value is -2.29. The first-order chi connectivity index (χ1) is 11.8. The third-order valence-corrected chi connectivity index (χ3v) is 5.11. The number of nitrogens with zero attached hydrogens (tertiary/aromatic N) is 1. The molecule has 0 aliphatic carbocycles. The molecule has 0 atom stereocenters. The van der Waals surface area contributed by atoms with Crippen LogP contribution in [0.25, 0.3) is 0 Å². The van der Waals surface area contributed by atoms with Gasteiger partial charge < -0.3 is 5.32 Å². The zero-order chi connectivity index (χ0) is 18.4. The average Bonchev–Trinajstić information content (AvgIpc) is 2.61. The van der Waals surface area contributed by atoms with E-state index in [1.165, 1.54) is 24.7 Å². The van der Waals surface area contributed by atoms with Crippen LogP contribution in [0.1, 0.15) is 18.1 Å². The number of hydrogen-bond acceptors (Lipinski definition) is 4. The van der Waals surface area contributed by atoms with E-state index in [2.05, 4.69) is 20.6 Å². The van der Waals surface area contributed by atoms with Crippen molar-refractivity contribution in [3.8, 4) is 0 Å². The summed E-state index contributed by atoms with van der Waals surface area (Å²) >= 11 is 5.21. The Kier molecular flexibility index (Phi) is 6.24. The minimum absolute atomic E-state index is 0.205. The molecule has 6 nitrogen and oxygen atoms in total. The van der Waals surface area contributed by atoms with Crippen molar-refractivity contribution in [2.45, 2.75) is 18.7 Å². The fourth-order valence-electron chi connectivity index (χ4n) is 1.99. The second kappa shape index (κ2) is 8.19. The number of sulfonamides is 1. The molecule has 0 saturated carbocycles. The van der Waals surface area contributed by atoms with E-state index in [0.29, 0.717) is 10.8 Å². The number of hydrazone groups is 1. The van der Waals surface area contributed by atoms with Gasteiger partial charge in [0.15, 0.2) is 5.11 Å². The van der Waals surface area contributed by atoms with Crippen LogP contribution in [0.2, 0.25) is 0 Å². The molecule has 0 radical (unpaired) electrons. The minimum atomic E-state index is -3.44. The summed E-state index contributed by atoms with van der Waals surface area (Å²) in [5, 5.41) is 7.63. The molecule has 2 aromatic rings. The molecule has 0 bridgehead atoms. The summed E-state index contributed by atoms with van der Waals surface area (Å²) in [5.74, 6) is 0. The highest BCUT2D eigenvalue weighted by Crippen LogP contribution is 2.11. The summed E-state index contributed by atoms with van der Waals surface area (Å²) in [6.45, 7) is 3.82. The van der Waals surface area contributed by atoms with Crippen LogP contribution in [-0.2, 0) is 10.0 Å². The summed E-state index contributed by atoms with van der Waals surface area (Å²) in [5.41, 5.74) is 6.29. The summed E-state index contributed by atoms with van der Waals surface area (Å²) < 4.78 is 25.7. The Morgan fingerprint density at radius 3 is 2.20 bits per heavy atom. The molecule has 0 aromatic heterocycles. The molecule has 8 heteroatoms. The lowest BCUT2D eigenvalue weighted by atomic mass is 10.1. The minimum Gasteiger partial charge on any atom is -0.331 e. The highest BCUT2D eigenvalue weighted by Gasteiger charge is 2.10. The lowest BCUT2D eigenvalue weighted by Gasteiger charge is -2.09. The van der Waals surface area contributed by atoms with Crippen molar-refractivity contribution in [2.75, 3.05) is 12.4 Å². The monoisotopic (exact) mass is 376 g/mol. The number of nitrogens with one attached hydrogen (secondary N) is 3.